The predicted molar refractivity (Wildman–Crippen MR) is 54.7 cm³/mol. The van der Waals surface area contributed by atoms with Gasteiger partial charge in [-0.15, -0.1) is 0 Å². The van der Waals surface area contributed by atoms with Crippen molar-refractivity contribution in [2.75, 3.05) is 19.4 Å². The number of aliphatic hydroxyl groups is 1. The SMILES string of the molecule is CNCc1ccc(CSCCO)o1. The highest BCUT2D eigenvalue weighted by atomic mass is 32.2. The average Bonchev–Trinajstić information content (AvgIpc) is 2.54. The molecule has 0 fully saturated rings. The normalized spacial score (nSPS) is 10.6. The molecule has 0 aromatic carbocycles. The van der Waals surface area contributed by atoms with Crippen LogP contribution in [0.4, 0.5) is 0 Å². The summed E-state index contributed by atoms with van der Waals surface area (Å²) in [5, 5.41) is 11.6. The smallest absolute Gasteiger partial charge is 0.117 e. The van der Waals surface area contributed by atoms with Crippen molar-refractivity contribution >= 4 is 11.8 Å². The van der Waals surface area contributed by atoms with Crippen molar-refractivity contribution in [2.24, 2.45) is 0 Å². The monoisotopic (exact) mass is 201 g/mol. The Morgan fingerprint density at radius 1 is 1.46 bits per heavy atom. The fourth-order valence-corrected chi connectivity index (χ4v) is 1.64. The van der Waals surface area contributed by atoms with Crippen LogP contribution in [0.3, 0.4) is 0 Å². The quantitative estimate of drug-likeness (QED) is 0.679. The minimum absolute atomic E-state index is 0.231. The van der Waals surface area contributed by atoms with Crippen molar-refractivity contribution in [2.45, 2.75) is 12.3 Å². The molecule has 2 N–H and O–H groups in total. The predicted octanol–water partition coefficient (Wildman–Crippen LogP) is 1.22. The van der Waals surface area contributed by atoms with Crippen molar-refractivity contribution in [3.63, 3.8) is 0 Å². The summed E-state index contributed by atoms with van der Waals surface area (Å²) < 4.78 is 5.51. The molecule has 0 spiro atoms. The van der Waals surface area contributed by atoms with Crippen molar-refractivity contribution in [3.8, 4) is 0 Å². The van der Waals surface area contributed by atoms with E-state index in [0.29, 0.717) is 0 Å². The molecule has 0 aliphatic rings. The van der Waals surface area contributed by atoms with Gasteiger partial charge in [0.05, 0.1) is 18.9 Å². The molecule has 3 nitrogen and oxygen atoms in total. The fourth-order valence-electron chi connectivity index (χ4n) is 1.01. The maximum Gasteiger partial charge on any atom is 0.117 e. The lowest BCUT2D eigenvalue weighted by Crippen LogP contribution is -2.03. The maximum atomic E-state index is 8.57. The second-order valence-corrected chi connectivity index (χ2v) is 3.78. The van der Waals surface area contributed by atoms with Crippen LogP contribution in [0.25, 0.3) is 0 Å². The van der Waals surface area contributed by atoms with E-state index in [-0.39, 0.29) is 6.61 Å². The third kappa shape index (κ3) is 3.85. The summed E-state index contributed by atoms with van der Waals surface area (Å²) in [5.41, 5.74) is 0. The Kier molecular flexibility index (Phi) is 4.97. The fraction of sp³-hybridized carbons (Fsp3) is 0.556. The van der Waals surface area contributed by atoms with E-state index < -0.39 is 0 Å². The van der Waals surface area contributed by atoms with Gasteiger partial charge in [-0.05, 0) is 19.2 Å². The summed E-state index contributed by atoms with van der Waals surface area (Å²) in [7, 11) is 1.89. The molecule has 1 aromatic heterocycles. The van der Waals surface area contributed by atoms with E-state index in [0.717, 1.165) is 29.6 Å². The molecular formula is C9H15NO2S. The van der Waals surface area contributed by atoms with E-state index in [2.05, 4.69) is 5.32 Å². The van der Waals surface area contributed by atoms with Gasteiger partial charge < -0.3 is 14.8 Å². The van der Waals surface area contributed by atoms with Crippen molar-refractivity contribution in [1.82, 2.24) is 5.32 Å². The zero-order chi connectivity index (χ0) is 9.52. The molecule has 0 amide bonds. The Morgan fingerprint density at radius 3 is 2.92 bits per heavy atom. The van der Waals surface area contributed by atoms with Crippen LogP contribution in [-0.4, -0.2) is 24.5 Å². The second-order valence-electron chi connectivity index (χ2n) is 2.67. The van der Waals surface area contributed by atoms with Gasteiger partial charge in [-0.1, -0.05) is 0 Å². The molecule has 1 rings (SSSR count). The van der Waals surface area contributed by atoms with E-state index in [9.17, 15) is 0 Å². The van der Waals surface area contributed by atoms with Crippen LogP contribution in [0.1, 0.15) is 11.5 Å². The standard InChI is InChI=1S/C9H15NO2S/c1-10-6-8-2-3-9(12-8)7-13-5-4-11/h2-3,10-11H,4-7H2,1H3. The molecule has 0 saturated carbocycles. The first-order valence-electron chi connectivity index (χ1n) is 4.27. The van der Waals surface area contributed by atoms with Gasteiger partial charge in [0.25, 0.3) is 0 Å². The first kappa shape index (κ1) is 10.6. The molecule has 0 unspecified atom stereocenters. The molecule has 1 heterocycles. The van der Waals surface area contributed by atoms with Crippen LogP contribution >= 0.6 is 11.8 Å². The molecule has 4 heteroatoms. The molecule has 13 heavy (non-hydrogen) atoms. The lowest BCUT2D eigenvalue weighted by atomic mass is 10.4. The maximum absolute atomic E-state index is 8.57. The molecule has 1 aromatic rings. The molecule has 0 aliphatic heterocycles. The van der Waals surface area contributed by atoms with E-state index in [1.165, 1.54) is 0 Å². The van der Waals surface area contributed by atoms with Crippen LogP contribution in [0.2, 0.25) is 0 Å². The lowest BCUT2D eigenvalue weighted by molar-refractivity contribution is 0.322. The molecule has 0 saturated heterocycles. The van der Waals surface area contributed by atoms with E-state index in [4.69, 9.17) is 9.52 Å². The summed E-state index contributed by atoms with van der Waals surface area (Å²) in [4.78, 5) is 0. The Hall–Kier alpha value is -0.450. The van der Waals surface area contributed by atoms with Gasteiger partial charge in [0.2, 0.25) is 0 Å². The summed E-state index contributed by atoms with van der Waals surface area (Å²) >= 11 is 1.67. The molecular weight excluding hydrogens is 186 g/mol. The highest BCUT2D eigenvalue weighted by molar-refractivity contribution is 7.98. The third-order valence-electron chi connectivity index (χ3n) is 1.55. The van der Waals surface area contributed by atoms with Crippen LogP contribution in [0, 0.1) is 0 Å². The highest BCUT2D eigenvalue weighted by Gasteiger charge is 2.00. The van der Waals surface area contributed by atoms with Crippen LogP contribution in [0.15, 0.2) is 16.5 Å². The number of rotatable bonds is 6. The number of furan rings is 1. The largest absolute Gasteiger partial charge is 0.464 e. The first-order valence-corrected chi connectivity index (χ1v) is 5.43. The Morgan fingerprint density at radius 2 is 2.23 bits per heavy atom. The Bertz CT molecular complexity index is 237. The van der Waals surface area contributed by atoms with E-state index in [1.807, 2.05) is 19.2 Å². The van der Waals surface area contributed by atoms with Gasteiger partial charge in [0, 0.05) is 5.75 Å². The third-order valence-corrected chi connectivity index (χ3v) is 2.51. The summed E-state index contributed by atoms with van der Waals surface area (Å²) in [6, 6.07) is 3.96. The van der Waals surface area contributed by atoms with Crippen LogP contribution in [0.5, 0.6) is 0 Å². The van der Waals surface area contributed by atoms with Gasteiger partial charge in [-0.25, -0.2) is 0 Å². The average molecular weight is 201 g/mol. The molecule has 0 radical (unpaired) electrons. The summed E-state index contributed by atoms with van der Waals surface area (Å²) in [6.07, 6.45) is 0. The number of hydrogen-bond donors (Lipinski definition) is 2. The lowest BCUT2D eigenvalue weighted by Gasteiger charge is -1.96. The van der Waals surface area contributed by atoms with Crippen LogP contribution < -0.4 is 5.32 Å². The Balaban J connectivity index is 2.31. The van der Waals surface area contributed by atoms with Crippen molar-refractivity contribution in [1.29, 1.82) is 0 Å². The van der Waals surface area contributed by atoms with Crippen molar-refractivity contribution in [3.05, 3.63) is 23.7 Å². The van der Waals surface area contributed by atoms with Gasteiger partial charge >= 0.3 is 0 Å². The molecule has 0 aliphatic carbocycles. The summed E-state index contributed by atoms with van der Waals surface area (Å²) in [6.45, 7) is 0.999. The van der Waals surface area contributed by atoms with Gasteiger partial charge in [-0.3, -0.25) is 0 Å². The minimum atomic E-state index is 0.231. The molecule has 0 atom stereocenters. The first-order chi connectivity index (χ1) is 6.36. The van der Waals surface area contributed by atoms with E-state index >= 15 is 0 Å². The van der Waals surface area contributed by atoms with Gasteiger partial charge in [-0.2, -0.15) is 11.8 Å². The zero-order valence-electron chi connectivity index (χ0n) is 7.75. The Labute approximate surface area is 82.5 Å². The number of thioether (sulfide) groups is 1. The minimum Gasteiger partial charge on any atom is -0.464 e. The van der Waals surface area contributed by atoms with Crippen molar-refractivity contribution < 1.29 is 9.52 Å². The molecule has 0 bridgehead atoms. The topological polar surface area (TPSA) is 45.4 Å². The number of aliphatic hydroxyl groups excluding tert-OH is 1. The van der Waals surface area contributed by atoms with Gasteiger partial charge in [0.15, 0.2) is 0 Å². The van der Waals surface area contributed by atoms with Crippen LogP contribution in [-0.2, 0) is 12.3 Å². The zero-order valence-corrected chi connectivity index (χ0v) is 8.56. The van der Waals surface area contributed by atoms with E-state index in [1.54, 1.807) is 11.8 Å². The number of hydrogen-bond acceptors (Lipinski definition) is 4. The highest BCUT2D eigenvalue weighted by Crippen LogP contribution is 2.14. The second kappa shape index (κ2) is 6.07. The summed E-state index contributed by atoms with van der Waals surface area (Å²) in [5.74, 6) is 3.54. The van der Waals surface area contributed by atoms with Gasteiger partial charge in [0.1, 0.15) is 11.5 Å². The molecule has 74 valence electrons. The number of nitrogens with one attached hydrogen (secondary N) is 1.